The van der Waals surface area contributed by atoms with Crippen LogP contribution in [0.15, 0.2) is 65.7 Å². The Kier molecular flexibility index (Phi) is 3.84. The molecule has 5 nitrogen and oxygen atoms in total. The molecule has 2 aromatic carbocycles. The first-order valence-corrected chi connectivity index (χ1v) is 8.57. The highest BCUT2D eigenvalue weighted by Crippen LogP contribution is 2.21. The number of amides is 1. The number of anilines is 1. The van der Waals surface area contributed by atoms with Crippen LogP contribution in [-0.4, -0.2) is 15.5 Å². The van der Waals surface area contributed by atoms with E-state index in [1.165, 1.54) is 0 Å². The van der Waals surface area contributed by atoms with Gasteiger partial charge < -0.3 is 14.9 Å². The molecule has 0 radical (unpaired) electrons. The molecule has 0 fully saturated rings. The van der Waals surface area contributed by atoms with Gasteiger partial charge in [0.2, 0.25) is 0 Å². The molecule has 2 aromatic heterocycles. The maximum atomic E-state index is 13.0. The minimum absolute atomic E-state index is 0.0325. The highest BCUT2D eigenvalue weighted by molar-refractivity contribution is 6.12. The van der Waals surface area contributed by atoms with Crippen molar-refractivity contribution < 1.29 is 4.79 Å². The number of nitrogens with one attached hydrogen (secondary N) is 2. The van der Waals surface area contributed by atoms with Crippen LogP contribution in [0.3, 0.4) is 0 Å². The summed E-state index contributed by atoms with van der Waals surface area (Å²) in [5.74, 6) is -0.231. The molecule has 1 amide bonds. The van der Waals surface area contributed by atoms with Gasteiger partial charge >= 0.3 is 0 Å². The molecular weight excluding hydrogens is 326 g/mol. The van der Waals surface area contributed by atoms with Crippen LogP contribution in [-0.2, 0) is 0 Å². The van der Waals surface area contributed by atoms with Crippen LogP contribution in [0.25, 0.3) is 21.7 Å². The number of hydrogen-bond donors (Lipinski definition) is 2. The Hall–Kier alpha value is -3.34. The Morgan fingerprint density at radius 1 is 1.08 bits per heavy atom. The highest BCUT2D eigenvalue weighted by atomic mass is 16.2. The van der Waals surface area contributed by atoms with E-state index in [9.17, 15) is 9.59 Å². The minimum atomic E-state index is -0.231. The Labute approximate surface area is 150 Å². The van der Waals surface area contributed by atoms with E-state index in [4.69, 9.17) is 0 Å². The second-order valence-electron chi connectivity index (χ2n) is 6.63. The van der Waals surface area contributed by atoms with Crippen molar-refractivity contribution in [2.24, 2.45) is 0 Å². The van der Waals surface area contributed by atoms with Crippen LogP contribution in [0.2, 0.25) is 0 Å². The summed E-state index contributed by atoms with van der Waals surface area (Å²) in [4.78, 5) is 28.7. The summed E-state index contributed by atoms with van der Waals surface area (Å²) in [6, 6.07) is 14.9. The molecule has 4 aromatic rings. The van der Waals surface area contributed by atoms with Gasteiger partial charge in [-0.05, 0) is 44.2 Å². The Morgan fingerprint density at radius 2 is 1.85 bits per heavy atom. The topological polar surface area (TPSA) is 66.9 Å². The number of aromatic nitrogens is 2. The molecule has 0 unspecified atom stereocenters. The number of pyridine rings is 1. The fraction of sp³-hybridized carbons (Fsp3) is 0.143. The van der Waals surface area contributed by atoms with Gasteiger partial charge in [-0.15, -0.1) is 0 Å². The molecular formula is C21H19N3O2. The summed E-state index contributed by atoms with van der Waals surface area (Å²) in [5.41, 5.74) is 2.14. The molecule has 0 bridgehead atoms. The van der Waals surface area contributed by atoms with E-state index in [-0.39, 0.29) is 17.5 Å². The summed E-state index contributed by atoms with van der Waals surface area (Å²) >= 11 is 0. The molecule has 0 aliphatic rings. The summed E-state index contributed by atoms with van der Waals surface area (Å²) < 4.78 is 1.60. The van der Waals surface area contributed by atoms with Crippen molar-refractivity contribution in [2.45, 2.75) is 19.9 Å². The second-order valence-corrected chi connectivity index (χ2v) is 6.63. The maximum Gasteiger partial charge on any atom is 0.258 e. The van der Waals surface area contributed by atoms with E-state index < -0.39 is 0 Å². The van der Waals surface area contributed by atoms with E-state index in [2.05, 4.69) is 10.3 Å². The van der Waals surface area contributed by atoms with Crippen molar-refractivity contribution >= 4 is 33.3 Å². The summed E-state index contributed by atoms with van der Waals surface area (Å²) in [7, 11) is 0. The predicted molar refractivity (Wildman–Crippen MR) is 105 cm³/mol. The summed E-state index contributed by atoms with van der Waals surface area (Å²) in [6.45, 7) is 3.86. The Bertz CT molecular complexity index is 1180. The third-order valence-electron chi connectivity index (χ3n) is 4.56. The van der Waals surface area contributed by atoms with Crippen LogP contribution >= 0.6 is 0 Å². The Morgan fingerprint density at radius 3 is 2.62 bits per heavy atom. The zero-order valence-electron chi connectivity index (χ0n) is 14.6. The average molecular weight is 345 g/mol. The van der Waals surface area contributed by atoms with E-state index in [1.54, 1.807) is 16.8 Å². The first-order valence-electron chi connectivity index (χ1n) is 8.57. The fourth-order valence-electron chi connectivity index (χ4n) is 3.20. The molecule has 2 heterocycles. The number of hydrogen-bond acceptors (Lipinski definition) is 2. The molecule has 0 aliphatic carbocycles. The molecule has 0 aliphatic heterocycles. The van der Waals surface area contributed by atoms with Gasteiger partial charge in [-0.3, -0.25) is 9.59 Å². The number of nitrogens with zero attached hydrogens (tertiary/aromatic N) is 1. The van der Waals surface area contributed by atoms with E-state index in [0.29, 0.717) is 22.0 Å². The lowest BCUT2D eigenvalue weighted by atomic mass is 10.1. The van der Waals surface area contributed by atoms with Crippen molar-refractivity contribution in [1.82, 2.24) is 9.55 Å². The van der Waals surface area contributed by atoms with Crippen LogP contribution in [0.5, 0.6) is 0 Å². The third kappa shape index (κ3) is 2.67. The first-order chi connectivity index (χ1) is 12.5. The van der Waals surface area contributed by atoms with Crippen molar-refractivity contribution in [3.8, 4) is 0 Å². The minimum Gasteiger partial charge on any atom is -0.361 e. The van der Waals surface area contributed by atoms with Gasteiger partial charge in [-0.25, -0.2) is 0 Å². The van der Waals surface area contributed by atoms with Crippen LogP contribution in [0, 0.1) is 0 Å². The fourth-order valence-corrected chi connectivity index (χ4v) is 3.20. The number of benzene rings is 2. The number of carbonyl (C=O) groups excluding carboxylic acids is 1. The average Bonchev–Trinajstić information content (AvgIpc) is 3.09. The molecule has 0 spiro atoms. The van der Waals surface area contributed by atoms with Gasteiger partial charge in [0.15, 0.2) is 0 Å². The van der Waals surface area contributed by atoms with Gasteiger partial charge in [0, 0.05) is 45.8 Å². The maximum absolute atomic E-state index is 13.0. The number of H-pyrrole nitrogens is 1. The third-order valence-corrected chi connectivity index (χ3v) is 4.56. The number of carbonyl (C=O) groups is 1. The van der Waals surface area contributed by atoms with Gasteiger partial charge in [-0.2, -0.15) is 0 Å². The zero-order valence-corrected chi connectivity index (χ0v) is 14.6. The lowest BCUT2D eigenvalue weighted by Crippen LogP contribution is -2.25. The van der Waals surface area contributed by atoms with Crippen molar-refractivity contribution in [3.05, 3.63) is 76.8 Å². The van der Waals surface area contributed by atoms with Gasteiger partial charge in [0.05, 0.1) is 5.56 Å². The molecule has 4 rings (SSSR count). The van der Waals surface area contributed by atoms with Crippen molar-refractivity contribution in [3.63, 3.8) is 0 Å². The van der Waals surface area contributed by atoms with Gasteiger partial charge in [0.25, 0.3) is 11.5 Å². The van der Waals surface area contributed by atoms with Crippen LogP contribution in [0.1, 0.15) is 30.2 Å². The lowest BCUT2D eigenvalue weighted by molar-refractivity contribution is 0.102. The van der Waals surface area contributed by atoms with E-state index >= 15 is 0 Å². The molecule has 26 heavy (non-hydrogen) atoms. The molecule has 0 saturated heterocycles. The molecule has 5 heteroatoms. The molecule has 0 saturated carbocycles. The standard InChI is InChI=1S/C21H19N3O2/c1-13(2)24-12-18(16-5-3-4-6-17(16)21(24)26)20(25)23-15-7-8-19-14(11-15)9-10-22-19/h3-13,22H,1-2H3,(H,23,25). The number of aromatic amines is 1. The van der Waals surface area contributed by atoms with E-state index in [1.807, 2.05) is 62.5 Å². The highest BCUT2D eigenvalue weighted by Gasteiger charge is 2.16. The monoisotopic (exact) mass is 345 g/mol. The predicted octanol–water partition coefficient (Wildman–Crippen LogP) is 4.32. The van der Waals surface area contributed by atoms with Crippen LogP contribution < -0.4 is 10.9 Å². The second kappa shape index (κ2) is 6.19. The van der Waals surface area contributed by atoms with Crippen molar-refractivity contribution in [2.75, 3.05) is 5.32 Å². The van der Waals surface area contributed by atoms with Crippen LogP contribution in [0.4, 0.5) is 5.69 Å². The molecule has 130 valence electrons. The normalized spacial score (nSPS) is 11.3. The Balaban J connectivity index is 1.80. The molecule has 2 N–H and O–H groups in total. The lowest BCUT2D eigenvalue weighted by Gasteiger charge is -2.15. The van der Waals surface area contributed by atoms with E-state index in [0.717, 1.165) is 10.9 Å². The number of rotatable bonds is 3. The number of fused-ring (bicyclic) bond motifs is 2. The SMILES string of the molecule is CC(C)n1cc(C(=O)Nc2ccc3[nH]ccc3c2)c2ccccc2c1=O. The summed E-state index contributed by atoms with van der Waals surface area (Å²) in [5, 5.41) is 5.19. The van der Waals surface area contributed by atoms with Gasteiger partial charge in [-0.1, -0.05) is 18.2 Å². The zero-order chi connectivity index (χ0) is 18.3. The molecule has 0 atom stereocenters. The quantitative estimate of drug-likeness (QED) is 0.581. The smallest absolute Gasteiger partial charge is 0.258 e. The first kappa shape index (κ1) is 16.1. The summed E-state index contributed by atoms with van der Waals surface area (Å²) in [6.07, 6.45) is 3.52. The van der Waals surface area contributed by atoms with Crippen molar-refractivity contribution in [1.29, 1.82) is 0 Å². The van der Waals surface area contributed by atoms with Gasteiger partial charge in [0.1, 0.15) is 0 Å². The largest absolute Gasteiger partial charge is 0.361 e.